The Balaban J connectivity index is 2.40. The number of rotatable bonds is 8. The predicted molar refractivity (Wildman–Crippen MR) is 117 cm³/mol. The van der Waals surface area contributed by atoms with Gasteiger partial charge in [0.1, 0.15) is 0 Å². The van der Waals surface area contributed by atoms with Gasteiger partial charge in [0.25, 0.3) is 0 Å². The fraction of sp³-hybridized carbons (Fsp3) is 0.632. The Hall–Kier alpha value is -0.790. The summed E-state index contributed by atoms with van der Waals surface area (Å²) in [4.78, 5) is 13.3. The molecule has 1 aliphatic rings. The van der Waals surface area contributed by atoms with Crippen LogP contribution in [0.5, 0.6) is 17.2 Å². The summed E-state index contributed by atoms with van der Waals surface area (Å²) in [6, 6.07) is 0. The van der Waals surface area contributed by atoms with Crippen molar-refractivity contribution in [3.05, 3.63) is 14.7 Å². The van der Waals surface area contributed by atoms with Crippen LogP contribution in [0, 0.1) is 10.5 Å². The molecule has 1 aliphatic heterocycles. The number of ether oxygens (including phenoxy) is 6. The molecule has 1 saturated heterocycles. The molecule has 0 amide bonds. The van der Waals surface area contributed by atoms with Gasteiger partial charge in [-0.2, -0.15) is 0 Å². The lowest BCUT2D eigenvalue weighted by atomic mass is 10.1. The van der Waals surface area contributed by atoms with Gasteiger partial charge < -0.3 is 33.5 Å². The third kappa shape index (κ3) is 5.28. The Morgan fingerprint density at radius 1 is 1.21 bits per heavy atom. The monoisotopic (exact) mass is 542 g/mol. The first-order valence-corrected chi connectivity index (χ1v) is 10.9. The molecule has 0 radical (unpaired) electrons. The first-order chi connectivity index (χ1) is 13.8. The van der Waals surface area contributed by atoms with E-state index in [9.17, 15) is 9.90 Å². The molecule has 29 heavy (non-hydrogen) atoms. The van der Waals surface area contributed by atoms with Crippen LogP contribution in [-0.4, -0.2) is 69.2 Å². The van der Waals surface area contributed by atoms with E-state index >= 15 is 0 Å². The predicted octanol–water partition coefficient (Wildman–Crippen LogP) is 2.98. The van der Waals surface area contributed by atoms with E-state index in [2.05, 4.69) is 22.6 Å². The highest BCUT2D eigenvalue weighted by atomic mass is 127. The summed E-state index contributed by atoms with van der Waals surface area (Å²) < 4.78 is 33.3. The van der Waals surface area contributed by atoms with Crippen molar-refractivity contribution in [1.82, 2.24) is 0 Å². The van der Waals surface area contributed by atoms with E-state index in [0.717, 1.165) is 11.8 Å². The summed E-state index contributed by atoms with van der Waals surface area (Å²) >= 11 is 3.13. The Morgan fingerprint density at radius 2 is 1.86 bits per heavy atom. The number of thioether (sulfide) groups is 1. The molecule has 1 aromatic carbocycles. The molecular formula is C19H27IO8S. The summed E-state index contributed by atoms with van der Waals surface area (Å²) in [6.07, 6.45) is -1.29. The highest BCUT2D eigenvalue weighted by molar-refractivity contribution is 14.1. The summed E-state index contributed by atoms with van der Waals surface area (Å²) in [7, 11) is 6.00. The van der Waals surface area contributed by atoms with Gasteiger partial charge in [0, 0.05) is 20.6 Å². The average Bonchev–Trinajstić information content (AvgIpc) is 2.70. The van der Waals surface area contributed by atoms with Crippen molar-refractivity contribution in [3.63, 3.8) is 0 Å². The van der Waals surface area contributed by atoms with E-state index in [4.69, 9.17) is 28.4 Å². The molecular weight excluding hydrogens is 515 g/mol. The molecule has 1 unspecified atom stereocenters. The van der Waals surface area contributed by atoms with Gasteiger partial charge >= 0.3 is 0 Å². The maximum atomic E-state index is 13.3. The standard InChI is InChI=1S/C19H27IO8S/c1-9-13(15(25-5)17(26-6)16(14(9)20)27-8-23-3)19(22)29-18-10(2)28-12(24-4)7-11(18)21/h10-12,18,21H,7-8H2,1-6H3/t10?,11-,12+,18+/m0/s1. The number of carbonyl (C=O) groups excluding carboxylic acids is 1. The van der Waals surface area contributed by atoms with Crippen LogP contribution in [0.3, 0.4) is 0 Å². The Kier molecular flexibility index (Phi) is 9.29. The van der Waals surface area contributed by atoms with E-state index in [0.29, 0.717) is 32.6 Å². The van der Waals surface area contributed by atoms with Gasteiger partial charge in [0.15, 0.2) is 24.6 Å². The molecule has 0 aromatic heterocycles. The molecule has 0 bridgehead atoms. The second kappa shape index (κ2) is 11.0. The van der Waals surface area contributed by atoms with Crippen molar-refractivity contribution >= 4 is 39.5 Å². The van der Waals surface area contributed by atoms with Crippen LogP contribution in [0.1, 0.15) is 29.3 Å². The van der Waals surface area contributed by atoms with Gasteiger partial charge in [-0.3, -0.25) is 4.79 Å². The SMILES string of the molecule is COCOc1c(I)c(C)c(C(=O)S[C@@H]2C(C)O[C@@H](OC)C[C@@H]2O)c(OC)c1OC. The lowest BCUT2D eigenvalue weighted by Gasteiger charge is -2.36. The van der Waals surface area contributed by atoms with Crippen molar-refractivity contribution in [2.24, 2.45) is 0 Å². The quantitative estimate of drug-likeness (QED) is 0.393. The second-order valence-corrected chi connectivity index (χ2v) is 8.67. The van der Waals surface area contributed by atoms with Crippen molar-refractivity contribution in [2.75, 3.05) is 35.2 Å². The van der Waals surface area contributed by atoms with Gasteiger partial charge in [0.05, 0.1) is 40.8 Å². The number of hydrogen-bond acceptors (Lipinski definition) is 9. The van der Waals surface area contributed by atoms with Crippen LogP contribution in [0.2, 0.25) is 0 Å². The second-order valence-electron chi connectivity index (χ2n) is 6.44. The maximum Gasteiger partial charge on any atom is 0.224 e. The third-order valence-electron chi connectivity index (χ3n) is 4.62. The molecule has 0 aliphatic carbocycles. The van der Waals surface area contributed by atoms with Gasteiger partial charge in [-0.15, -0.1) is 0 Å². The van der Waals surface area contributed by atoms with E-state index < -0.39 is 17.6 Å². The number of aliphatic hydroxyl groups is 1. The van der Waals surface area contributed by atoms with E-state index in [1.807, 2.05) is 13.8 Å². The van der Waals surface area contributed by atoms with Gasteiger partial charge in [-0.05, 0) is 42.0 Å². The zero-order valence-electron chi connectivity index (χ0n) is 17.3. The molecule has 1 aromatic rings. The van der Waals surface area contributed by atoms with Crippen LogP contribution in [0.4, 0.5) is 0 Å². The largest absolute Gasteiger partial charge is 0.492 e. The summed E-state index contributed by atoms with van der Waals surface area (Å²) in [6.45, 7) is 3.66. The smallest absolute Gasteiger partial charge is 0.224 e. The van der Waals surface area contributed by atoms with Crippen molar-refractivity contribution < 1.29 is 38.3 Å². The average molecular weight is 542 g/mol. The summed E-state index contributed by atoms with van der Waals surface area (Å²) in [5.41, 5.74) is 1.07. The minimum Gasteiger partial charge on any atom is -0.492 e. The fourth-order valence-corrected chi connectivity index (χ4v) is 4.97. The molecule has 10 heteroatoms. The van der Waals surface area contributed by atoms with E-state index in [1.165, 1.54) is 28.4 Å². The molecule has 1 heterocycles. The first-order valence-electron chi connectivity index (χ1n) is 8.93. The fourth-order valence-electron chi connectivity index (χ4n) is 3.16. The lowest BCUT2D eigenvalue weighted by molar-refractivity contribution is -0.195. The van der Waals surface area contributed by atoms with Crippen molar-refractivity contribution in [1.29, 1.82) is 0 Å². The van der Waals surface area contributed by atoms with Crippen LogP contribution in [0.25, 0.3) is 0 Å². The van der Waals surface area contributed by atoms with Crippen LogP contribution in [-0.2, 0) is 14.2 Å². The zero-order valence-corrected chi connectivity index (χ0v) is 20.3. The normalized spacial score (nSPS) is 24.3. The minimum atomic E-state index is -0.741. The summed E-state index contributed by atoms with van der Waals surface area (Å²) in [5, 5.41) is 9.82. The number of halogens is 1. The molecule has 164 valence electrons. The number of benzene rings is 1. The van der Waals surface area contributed by atoms with Gasteiger partial charge in [-0.1, -0.05) is 11.8 Å². The number of carbonyl (C=O) groups is 1. The molecule has 0 saturated carbocycles. The molecule has 0 spiro atoms. The highest BCUT2D eigenvalue weighted by Gasteiger charge is 2.39. The number of aliphatic hydroxyl groups excluding tert-OH is 1. The van der Waals surface area contributed by atoms with Gasteiger partial charge in [-0.25, -0.2) is 0 Å². The topological polar surface area (TPSA) is 92.7 Å². The Bertz CT molecular complexity index is 717. The molecule has 4 atom stereocenters. The molecule has 2 rings (SSSR count). The Labute approximate surface area is 188 Å². The highest BCUT2D eigenvalue weighted by Crippen LogP contribution is 2.47. The maximum absolute atomic E-state index is 13.3. The third-order valence-corrected chi connectivity index (χ3v) is 7.31. The minimum absolute atomic E-state index is 0.0286. The molecule has 1 N–H and O–H groups in total. The Morgan fingerprint density at radius 3 is 2.38 bits per heavy atom. The summed E-state index contributed by atoms with van der Waals surface area (Å²) in [5.74, 6) is 1.04. The van der Waals surface area contributed by atoms with E-state index in [-0.39, 0.29) is 23.8 Å². The number of methoxy groups -OCH3 is 4. The van der Waals surface area contributed by atoms with Crippen molar-refractivity contribution in [3.8, 4) is 17.2 Å². The van der Waals surface area contributed by atoms with Crippen LogP contribution in [0.15, 0.2) is 0 Å². The van der Waals surface area contributed by atoms with E-state index in [1.54, 1.807) is 0 Å². The first kappa shape index (κ1) is 24.5. The number of hydrogen-bond donors (Lipinski definition) is 1. The molecule has 1 fully saturated rings. The zero-order chi connectivity index (χ0) is 21.7. The lowest BCUT2D eigenvalue weighted by Crippen LogP contribution is -2.46. The van der Waals surface area contributed by atoms with Gasteiger partial charge in [0.2, 0.25) is 10.9 Å². The van der Waals surface area contributed by atoms with Crippen LogP contribution >= 0.6 is 34.4 Å². The van der Waals surface area contributed by atoms with Crippen LogP contribution < -0.4 is 14.2 Å². The molecule has 8 nitrogen and oxygen atoms in total. The van der Waals surface area contributed by atoms with Crippen molar-refractivity contribution in [2.45, 2.75) is 44.0 Å².